The minimum absolute atomic E-state index is 0.0337. The Morgan fingerprint density at radius 3 is 1.83 bits per heavy atom. The number of isocyanates is 2. The Labute approximate surface area is 210 Å². The highest BCUT2D eigenvalue weighted by Crippen LogP contribution is 2.03. The van der Waals surface area contributed by atoms with Crippen LogP contribution in [0.3, 0.4) is 0 Å². The van der Waals surface area contributed by atoms with Crippen molar-refractivity contribution in [2.75, 3.05) is 26.2 Å². The number of rotatable bonds is 21. The molecule has 1 heterocycles. The van der Waals surface area contributed by atoms with Crippen LogP contribution in [0.1, 0.15) is 77.0 Å². The first-order valence-corrected chi connectivity index (χ1v) is 12.6. The highest BCUT2D eigenvalue weighted by atomic mass is 16.5. The van der Waals surface area contributed by atoms with Crippen molar-refractivity contribution in [1.82, 2.24) is 9.13 Å². The monoisotopic (exact) mass is 504 g/mol. The molecule has 0 saturated heterocycles. The van der Waals surface area contributed by atoms with E-state index in [1.807, 2.05) is 0 Å². The van der Waals surface area contributed by atoms with Gasteiger partial charge in [-0.2, -0.15) is 5.26 Å². The van der Waals surface area contributed by atoms with Crippen molar-refractivity contribution in [3.63, 3.8) is 0 Å². The highest BCUT2D eigenvalue weighted by molar-refractivity contribution is 5.32. The van der Waals surface area contributed by atoms with E-state index in [1.54, 1.807) is 6.26 Å². The molecule has 1 aromatic rings. The molecule has 12 heteroatoms. The third-order valence-electron chi connectivity index (χ3n) is 5.49. The molecule has 0 atom stereocenters. The maximum atomic E-state index is 13.1. The van der Waals surface area contributed by atoms with Crippen LogP contribution >= 0.6 is 0 Å². The Morgan fingerprint density at radius 2 is 1.25 bits per heavy atom. The summed E-state index contributed by atoms with van der Waals surface area (Å²) in [6, 6.07) is 0. The number of carbonyl (C=O) groups excluding carboxylic acids is 2. The van der Waals surface area contributed by atoms with Gasteiger partial charge in [-0.3, -0.25) is 0 Å². The van der Waals surface area contributed by atoms with E-state index in [9.17, 15) is 19.2 Å². The maximum absolute atomic E-state index is 13.1. The number of nitrogens with zero attached hydrogens (tertiary/aromatic N) is 6. The van der Waals surface area contributed by atoms with Gasteiger partial charge < -0.3 is 9.15 Å². The zero-order valence-corrected chi connectivity index (χ0v) is 20.9. The van der Waals surface area contributed by atoms with Gasteiger partial charge in [0.25, 0.3) is 6.26 Å². The number of hydrogen-bond donors (Lipinski definition) is 0. The molecule has 0 radical (unpaired) electrons. The molecule has 0 aliphatic heterocycles. The van der Waals surface area contributed by atoms with Crippen LogP contribution < -0.4 is 17.1 Å². The molecule has 36 heavy (non-hydrogen) atoms. The van der Waals surface area contributed by atoms with Gasteiger partial charge in [-0.05, 0) is 44.9 Å². The molecule has 0 N–H and O–H groups in total. The van der Waals surface area contributed by atoms with E-state index in [0.717, 1.165) is 68.8 Å². The van der Waals surface area contributed by atoms with Crippen molar-refractivity contribution in [3.8, 4) is 6.26 Å². The molecule has 0 spiro atoms. The molecule has 1 rings (SSSR count). The van der Waals surface area contributed by atoms with Gasteiger partial charge in [-0.15, -0.1) is 0 Å². The fraction of sp³-hybridized carbons (Fsp3) is 0.750. The van der Waals surface area contributed by atoms with Crippen molar-refractivity contribution in [2.24, 2.45) is 15.0 Å². The standard InChI is InChI=1S/C24H36N6O6/c25-19-35-18-12-6-5-10-16-29-22(28-15-9-2-1-7-13-26-20-31)36-24(34)30(23(29)33)17-11-4-3-8-14-27-21-32/h1-18H2/b28-22-. The smallest absolute Gasteiger partial charge is 0.425 e. The Morgan fingerprint density at radius 1 is 0.722 bits per heavy atom. The van der Waals surface area contributed by atoms with Gasteiger partial charge in [-0.1, -0.05) is 32.1 Å². The zero-order chi connectivity index (χ0) is 26.3. The molecule has 0 aliphatic rings. The molecule has 0 saturated carbocycles. The zero-order valence-electron chi connectivity index (χ0n) is 20.9. The second kappa shape index (κ2) is 20.8. The van der Waals surface area contributed by atoms with Crippen LogP contribution in [0, 0.1) is 11.5 Å². The molecule has 1 aromatic heterocycles. The molecule has 0 aliphatic carbocycles. The quantitative estimate of drug-likeness (QED) is 0.107. The molecular formula is C24H36N6O6. The molecule has 12 nitrogen and oxygen atoms in total. The van der Waals surface area contributed by atoms with Gasteiger partial charge in [-0.25, -0.2) is 43.3 Å². The first-order chi connectivity index (χ1) is 17.7. The Bertz CT molecular complexity index is 1070. The second-order valence-electron chi connectivity index (χ2n) is 8.25. The van der Waals surface area contributed by atoms with E-state index in [-0.39, 0.29) is 12.2 Å². The fourth-order valence-corrected chi connectivity index (χ4v) is 3.57. The minimum atomic E-state index is -0.721. The Kier molecular flexibility index (Phi) is 17.6. The van der Waals surface area contributed by atoms with E-state index in [2.05, 4.69) is 19.7 Å². The molecule has 0 aromatic carbocycles. The van der Waals surface area contributed by atoms with Gasteiger partial charge in [0.1, 0.15) is 6.61 Å². The number of unbranched alkanes of at least 4 members (excludes halogenated alkanes) is 9. The van der Waals surface area contributed by atoms with E-state index >= 15 is 0 Å². The lowest BCUT2D eigenvalue weighted by molar-refractivity contribution is 0.258. The first-order valence-electron chi connectivity index (χ1n) is 12.6. The predicted molar refractivity (Wildman–Crippen MR) is 131 cm³/mol. The number of hydrogen-bond acceptors (Lipinski definition) is 10. The van der Waals surface area contributed by atoms with Crippen molar-refractivity contribution in [2.45, 2.75) is 90.1 Å². The van der Waals surface area contributed by atoms with Crippen LogP contribution in [0.25, 0.3) is 0 Å². The summed E-state index contributed by atoms with van der Waals surface area (Å²) in [5.74, 6) is -0.721. The molecular weight excluding hydrogens is 468 g/mol. The van der Waals surface area contributed by atoms with Crippen molar-refractivity contribution >= 4 is 12.2 Å². The minimum Gasteiger partial charge on any atom is -0.428 e. The normalized spacial score (nSPS) is 10.9. The summed E-state index contributed by atoms with van der Waals surface area (Å²) in [6.07, 6.45) is 14.1. The van der Waals surface area contributed by atoms with Gasteiger partial charge in [0.2, 0.25) is 12.2 Å². The fourth-order valence-electron chi connectivity index (χ4n) is 3.57. The van der Waals surface area contributed by atoms with Crippen LogP contribution in [-0.2, 0) is 27.4 Å². The SMILES string of the molecule is N#COCCCCCCn1c(=O)n(CCCCCCN=C=O)c(=O)o/c1=N\CCCCCCN=C=O. The summed E-state index contributed by atoms with van der Waals surface area (Å²) in [5, 5.41) is 8.41. The molecule has 0 unspecified atom stereocenters. The summed E-state index contributed by atoms with van der Waals surface area (Å²) < 4.78 is 12.6. The maximum Gasteiger partial charge on any atom is 0.425 e. The largest absolute Gasteiger partial charge is 0.428 e. The van der Waals surface area contributed by atoms with Gasteiger partial charge >= 0.3 is 17.1 Å². The molecule has 198 valence electrons. The van der Waals surface area contributed by atoms with Crippen LogP contribution in [0.5, 0.6) is 0 Å². The number of aromatic nitrogens is 2. The van der Waals surface area contributed by atoms with Gasteiger partial charge in [0.15, 0.2) is 0 Å². The Balaban J connectivity index is 2.80. The average Bonchev–Trinajstić information content (AvgIpc) is 2.87. The first kappa shape index (κ1) is 30.5. The van der Waals surface area contributed by atoms with E-state index in [4.69, 9.17) is 9.68 Å². The van der Waals surface area contributed by atoms with Gasteiger partial charge in [0, 0.05) is 19.6 Å². The third kappa shape index (κ3) is 13.4. The number of nitriles is 1. The van der Waals surface area contributed by atoms with E-state index < -0.39 is 11.4 Å². The van der Waals surface area contributed by atoms with E-state index in [0.29, 0.717) is 45.6 Å². The van der Waals surface area contributed by atoms with Crippen LogP contribution in [0.15, 0.2) is 29.0 Å². The topological polar surface area (TPSA) is 161 Å². The van der Waals surface area contributed by atoms with Gasteiger partial charge in [0.05, 0.1) is 13.1 Å². The third-order valence-corrected chi connectivity index (χ3v) is 5.49. The lowest BCUT2D eigenvalue weighted by atomic mass is 10.2. The average molecular weight is 505 g/mol. The summed E-state index contributed by atoms with van der Waals surface area (Å²) in [7, 11) is 0. The van der Waals surface area contributed by atoms with Crippen LogP contribution in [0.2, 0.25) is 0 Å². The molecule has 0 fully saturated rings. The lowest BCUT2D eigenvalue weighted by Crippen LogP contribution is -2.47. The van der Waals surface area contributed by atoms with Crippen LogP contribution in [-0.4, -0.2) is 47.5 Å². The van der Waals surface area contributed by atoms with Crippen LogP contribution in [0.4, 0.5) is 0 Å². The van der Waals surface area contributed by atoms with E-state index in [1.165, 1.54) is 16.7 Å². The number of aliphatic imine (C=N–C) groups is 2. The highest BCUT2D eigenvalue weighted by Gasteiger charge is 2.11. The predicted octanol–water partition coefficient (Wildman–Crippen LogP) is 2.35. The summed E-state index contributed by atoms with van der Waals surface area (Å²) in [5.41, 5.74) is -0.401. The summed E-state index contributed by atoms with van der Waals surface area (Å²) in [6.45, 7) is 2.29. The number of ether oxygens (including phenoxy) is 1. The second-order valence-corrected chi connectivity index (χ2v) is 8.25. The van der Waals surface area contributed by atoms with Crippen molar-refractivity contribution in [3.05, 3.63) is 26.7 Å². The summed E-state index contributed by atoms with van der Waals surface area (Å²) >= 11 is 0. The Hall–Kier alpha value is -3.54. The molecule has 0 bridgehead atoms. The van der Waals surface area contributed by atoms with Crippen molar-refractivity contribution in [1.29, 1.82) is 5.26 Å². The lowest BCUT2D eigenvalue weighted by Gasteiger charge is -2.10. The van der Waals surface area contributed by atoms with Crippen molar-refractivity contribution < 1.29 is 18.7 Å². The summed E-state index contributed by atoms with van der Waals surface area (Å²) in [4.78, 5) is 57.2. The molecule has 0 amide bonds.